The first-order valence-corrected chi connectivity index (χ1v) is 7.15. The van der Waals surface area contributed by atoms with Crippen molar-refractivity contribution in [2.45, 2.75) is 6.42 Å². The molecule has 19 heavy (non-hydrogen) atoms. The Morgan fingerprint density at radius 2 is 1.95 bits per heavy atom. The predicted octanol–water partition coefficient (Wildman–Crippen LogP) is 3.65. The van der Waals surface area contributed by atoms with Gasteiger partial charge in [0.2, 0.25) is 0 Å². The van der Waals surface area contributed by atoms with Gasteiger partial charge in [-0.25, -0.2) is 0 Å². The number of thiocarbonyl (C=S) groups is 1. The van der Waals surface area contributed by atoms with Gasteiger partial charge in [0, 0.05) is 9.75 Å². The largest absolute Gasteiger partial charge is 0.347 e. The van der Waals surface area contributed by atoms with Gasteiger partial charge >= 0.3 is 0 Å². The lowest BCUT2D eigenvalue weighted by molar-refractivity contribution is -0.113. The van der Waals surface area contributed by atoms with Crippen LogP contribution in [-0.4, -0.2) is 10.8 Å². The van der Waals surface area contributed by atoms with E-state index in [0.717, 1.165) is 4.88 Å². The first kappa shape index (κ1) is 12.3. The zero-order chi connectivity index (χ0) is 13.2. The molecule has 0 bridgehead atoms. The molecule has 1 aliphatic rings. The van der Waals surface area contributed by atoms with Crippen molar-refractivity contribution in [3.63, 3.8) is 0 Å². The van der Waals surface area contributed by atoms with E-state index in [-0.39, 0.29) is 5.78 Å². The second-order valence-electron chi connectivity index (χ2n) is 4.27. The maximum atomic E-state index is 11.7. The van der Waals surface area contributed by atoms with Gasteiger partial charge in [-0.2, -0.15) is 0 Å². The highest BCUT2D eigenvalue weighted by Gasteiger charge is 2.20. The third-order valence-corrected chi connectivity index (χ3v) is 4.20. The minimum Gasteiger partial charge on any atom is -0.347 e. The quantitative estimate of drug-likeness (QED) is 0.674. The zero-order valence-corrected chi connectivity index (χ0v) is 11.7. The van der Waals surface area contributed by atoms with Crippen molar-refractivity contribution in [1.82, 2.24) is 5.32 Å². The third-order valence-electron chi connectivity index (χ3n) is 2.87. The van der Waals surface area contributed by atoms with Gasteiger partial charge in [-0.3, -0.25) is 4.79 Å². The summed E-state index contributed by atoms with van der Waals surface area (Å²) < 4.78 is 0. The van der Waals surface area contributed by atoms with Crippen LogP contribution in [0.4, 0.5) is 0 Å². The topological polar surface area (TPSA) is 29.1 Å². The third kappa shape index (κ3) is 2.64. The predicted molar refractivity (Wildman–Crippen MR) is 83.1 cm³/mol. The van der Waals surface area contributed by atoms with Crippen LogP contribution in [0.1, 0.15) is 11.3 Å². The van der Waals surface area contributed by atoms with Crippen LogP contribution in [0.2, 0.25) is 0 Å². The van der Waals surface area contributed by atoms with E-state index in [1.54, 1.807) is 11.3 Å². The number of rotatable bonds is 2. The Kier molecular flexibility index (Phi) is 3.27. The van der Waals surface area contributed by atoms with Crippen LogP contribution in [-0.2, 0) is 4.79 Å². The van der Waals surface area contributed by atoms with Crippen molar-refractivity contribution < 1.29 is 4.79 Å². The van der Waals surface area contributed by atoms with Gasteiger partial charge in [-0.1, -0.05) is 42.5 Å². The summed E-state index contributed by atoms with van der Waals surface area (Å²) in [5.41, 5.74) is 1.80. The fraction of sp³-hybridized carbons (Fsp3) is 0.0667. The molecule has 2 nitrogen and oxygen atoms in total. The summed E-state index contributed by atoms with van der Waals surface area (Å²) in [5, 5.41) is 2.95. The first-order chi connectivity index (χ1) is 9.22. The van der Waals surface area contributed by atoms with Gasteiger partial charge in [-0.15, -0.1) is 11.3 Å². The highest BCUT2D eigenvalue weighted by atomic mass is 32.1. The van der Waals surface area contributed by atoms with Crippen molar-refractivity contribution in [1.29, 1.82) is 0 Å². The summed E-state index contributed by atoms with van der Waals surface area (Å²) in [6.45, 7) is 0. The molecular weight excluding hydrogens is 274 g/mol. The molecule has 2 heterocycles. The van der Waals surface area contributed by atoms with E-state index in [1.807, 2.05) is 30.3 Å². The number of hydrogen-bond donors (Lipinski definition) is 1. The fourth-order valence-corrected chi connectivity index (χ4v) is 3.15. The molecule has 0 unspecified atom stereocenters. The number of Topliss-reactive ketones (excluding diaryl/α,β-unsaturated/α-hetero) is 1. The van der Waals surface area contributed by atoms with Gasteiger partial charge < -0.3 is 5.32 Å². The number of carbonyl (C=O) groups is 1. The van der Waals surface area contributed by atoms with E-state index in [1.165, 1.54) is 10.4 Å². The van der Waals surface area contributed by atoms with Gasteiger partial charge in [0.15, 0.2) is 5.78 Å². The standard InChI is InChI=1S/C15H11NOS2/c17-13-9-15(18)16-12(13)8-11-6-7-14(19-11)10-4-2-1-3-5-10/h1-8H,9H2,(H,16,18). The van der Waals surface area contributed by atoms with Crippen molar-refractivity contribution in [3.8, 4) is 10.4 Å². The fourth-order valence-electron chi connectivity index (χ4n) is 1.95. The Morgan fingerprint density at radius 1 is 1.16 bits per heavy atom. The highest BCUT2D eigenvalue weighted by Crippen LogP contribution is 2.29. The van der Waals surface area contributed by atoms with Crippen LogP contribution in [0.25, 0.3) is 16.5 Å². The van der Waals surface area contributed by atoms with Gasteiger partial charge in [0.1, 0.15) is 0 Å². The summed E-state index contributed by atoms with van der Waals surface area (Å²) in [6.07, 6.45) is 2.21. The number of thiophene rings is 1. The number of benzene rings is 1. The van der Waals surface area contributed by atoms with E-state index in [9.17, 15) is 4.79 Å². The Morgan fingerprint density at radius 3 is 2.63 bits per heavy atom. The van der Waals surface area contributed by atoms with E-state index >= 15 is 0 Å². The number of ketones is 1. The molecule has 1 saturated heterocycles. The van der Waals surface area contributed by atoms with E-state index < -0.39 is 0 Å². The summed E-state index contributed by atoms with van der Waals surface area (Å²) in [4.78, 5) is 14.5. The lowest BCUT2D eigenvalue weighted by Gasteiger charge is -1.96. The molecule has 4 heteroatoms. The smallest absolute Gasteiger partial charge is 0.185 e. The molecule has 94 valence electrons. The van der Waals surface area contributed by atoms with Crippen molar-refractivity contribution >= 4 is 40.4 Å². The summed E-state index contributed by atoms with van der Waals surface area (Å²) in [6, 6.07) is 14.3. The summed E-state index contributed by atoms with van der Waals surface area (Å²) >= 11 is 6.67. The molecule has 1 aliphatic heterocycles. The SMILES string of the molecule is O=C1CC(=S)NC1=Cc1ccc(-c2ccccc2)s1. The van der Waals surface area contributed by atoms with Crippen molar-refractivity contribution in [2.24, 2.45) is 0 Å². The second-order valence-corrected chi connectivity index (χ2v) is 5.88. The Labute approximate surface area is 120 Å². The summed E-state index contributed by atoms with van der Waals surface area (Å²) in [5.74, 6) is 0.0691. The molecule has 1 fully saturated rings. The summed E-state index contributed by atoms with van der Waals surface area (Å²) in [7, 11) is 0. The maximum Gasteiger partial charge on any atom is 0.185 e. The van der Waals surface area contributed by atoms with Crippen molar-refractivity contribution in [2.75, 3.05) is 0 Å². The monoisotopic (exact) mass is 285 g/mol. The van der Waals surface area contributed by atoms with E-state index in [0.29, 0.717) is 17.1 Å². The normalized spacial score (nSPS) is 16.9. The highest BCUT2D eigenvalue weighted by molar-refractivity contribution is 7.80. The van der Waals surface area contributed by atoms with E-state index in [2.05, 4.69) is 23.5 Å². The van der Waals surface area contributed by atoms with Crippen LogP contribution in [0.15, 0.2) is 48.2 Å². The Balaban J connectivity index is 1.89. The molecule has 0 atom stereocenters. The van der Waals surface area contributed by atoms with Crippen LogP contribution >= 0.6 is 23.6 Å². The lowest BCUT2D eigenvalue weighted by Crippen LogP contribution is -2.10. The molecule has 2 aromatic rings. The number of nitrogens with one attached hydrogen (secondary N) is 1. The van der Waals surface area contributed by atoms with Crippen molar-refractivity contribution in [3.05, 3.63) is 53.0 Å². The molecule has 0 spiro atoms. The molecule has 0 aliphatic carbocycles. The number of carbonyl (C=O) groups excluding carboxylic acids is 1. The van der Waals surface area contributed by atoms with Crippen LogP contribution in [0, 0.1) is 0 Å². The van der Waals surface area contributed by atoms with Crippen LogP contribution in [0.5, 0.6) is 0 Å². The Hall–Kier alpha value is -1.78. The van der Waals surface area contributed by atoms with Crippen LogP contribution < -0.4 is 5.32 Å². The number of hydrogen-bond acceptors (Lipinski definition) is 3. The zero-order valence-electron chi connectivity index (χ0n) is 10.1. The van der Waals surface area contributed by atoms with Gasteiger partial charge in [0.25, 0.3) is 0 Å². The molecule has 3 rings (SSSR count). The molecule has 0 saturated carbocycles. The minimum atomic E-state index is 0.0691. The molecule has 0 amide bonds. The average Bonchev–Trinajstić information content (AvgIpc) is 2.99. The molecule has 1 N–H and O–H groups in total. The maximum absolute atomic E-state index is 11.7. The van der Waals surface area contributed by atoms with Crippen LogP contribution in [0.3, 0.4) is 0 Å². The molecule has 1 aromatic heterocycles. The van der Waals surface area contributed by atoms with Gasteiger partial charge in [0.05, 0.1) is 17.1 Å². The molecular formula is C15H11NOS2. The lowest BCUT2D eigenvalue weighted by atomic mass is 10.2. The molecule has 1 aromatic carbocycles. The Bertz CT molecular complexity index is 670. The molecule has 0 radical (unpaired) electrons. The van der Waals surface area contributed by atoms with E-state index in [4.69, 9.17) is 12.2 Å². The second kappa shape index (κ2) is 5.07. The minimum absolute atomic E-state index is 0.0691. The number of allylic oxidation sites excluding steroid dienone is 1. The van der Waals surface area contributed by atoms with Gasteiger partial charge in [-0.05, 0) is 23.8 Å². The first-order valence-electron chi connectivity index (χ1n) is 5.92. The average molecular weight is 285 g/mol.